The van der Waals surface area contributed by atoms with Crippen molar-refractivity contribution in [3.8, 4) is 5.69 Å². The number of rotatable bonds is 5. The smallest absolute Gasteiger partial charge is 0.224 e. The summed E-state index contributed by atoms with van der Waals surface area (Å²) in [6.07, 6.45) is 4.25. The van der Waals surface area contributed by atoms with Gasteiger partial charge in [0.05, 0.1) is 22.2 Å². The molecule has 2 unspecified atom stereocenters. The summed E-state index contributed by atoms with van der Waals surface area (Å²) in [7, 11) is 0. The van der Waals surface area contributed by atoms with Crippen molar-refractivity contribution in [2.75, 3.05) is 0 Å². The molecule has 51 heavy (non-hydrogen) atoms. The van der Waals surface area contributed by atoms with Gasteiger partial charge in [-0.15, -0.1) is 0 Å². The predicted molar refractivity (Wildman–Crippen MR) is 211 cm³/mol. The van der Waals surface area contributed by atoms with Crippen molar-refractivity contribution in [2.45, 2.75) is 25.0 Å². The molecule has 1 N–H and O–H groups in total. The van der Waals surface area contributed by atoms with Crippen LogP contribution in [-0.4, -0.2) is 20.8 Å². The molecule has 6 aromatic carbocycles. The number of fused-ring (bicyclic) bond motifs is 6. The van der Waals surface area contributed by atoms with Gasteiger partial charge in [0.25, 0.3) is 0 Å². The molecule has 0 spiro atoms. The lowest BCUT2D eigenvalue weighted by Crippen LogP contribution is -2.36. The highest BCUT2D eigenvalue weighted by atomic mass is 15.3. The average molecular weight is 658 g/mol. The Balaban J connectivity index is 1.14. The number of allylic oxidation sites excluding steroid dienone is 1. The fourth-order valence-corrected chi connectivity index (χ4v) is 8.23. The molecule has 5 nitrogen and oxygen atoms in total. The molecule has 2 aliphatic rings. The molecule has 1 aliphatic heterocycles. The van der Waals surface area contributed by atoms with E-state index in [1.807, 2.05) is 12.1 Å². The maximum absolute atomic E-state index is 5.29. The van der Waals surface area contributed by atoms with Gasteiger partial charge in [0.1, 0.15) is 11.7 Å². The molecule has 0 radical (unpaired) electrons. The third-order valence-electron chi connectivity index (χ3n) is 10.6. The van der Waals surface area contributed by atoms with Crippen LogP contribution in [0.5, 0.6) is 0 Å². The average Bonchev–Trinajstić information content (AvgIpc) is 3.72. The number of hydrogen-bond acceptors (Lipinski definition) is 3. The Kier molecular flexibility index (Phi) is 6.84. The number of aliphatic imine (C=N–C) groups is 2. The molecule has 0 bridgehead atoms. The van der Waals surface area contributed by atoms with E-state index in [1.165, 1.54) is 44.2 Å². The summed E-state index contributed by atoms with van der Waals surface area (Å²) in [4.78, 5) is 10.6. The van der Waals surface area contributed by atoms with Crippen LogP contribution in [0.2, 0.25) is 0 Å². The summed E-state index contributed by atoms with van der Waals surface area (Å²) in [5.74, 6) is 2.08. The Bertz CT molecular complexity index is 2620. The standard InChI is InChI=1S/C46H35N5/c1-30-35(27-28-41-43(30)38-22-12-14-24-40(38)50(41)34-19-9-4-10-20-34)33-25-26-37-36-21-11-13-23-39(36)51(42(37)29-33)46-48-44(31-15-5-2-6-16-31)47-45(49-46)32-17-7-3-8-18-32/h2-30,35,46H,1H3,(H,47,48,49). The fraction of sp³-hybridized carbons (Fsp3) is 0.0870. The minimum absolute atomic E-state index is 0.197. The van der Waals surface area contributed by atoms with E-state index in [-0.39, 0.29) is 11.8 Å². The SMILES string of the molecule is CC1c2c(n(-c3ccccc3)c3ccccc23)C=CC1c1ccc2c3ccccc3n(C3N=C(c4ccccc4)NC(c4ccccc4)=N3)c2c1. The zero-order valence-corrected chi connectivity index (χ0v) is 28.2. The fourth-order valence-electron chi connectivity index (χ4n) is 8.23. The summed E-state index contributed by atoms with van der Waals surface area (Å²) in [6, 6.07) is 55.9. The lowest BCUT2D eigenvalue weighted by molar-refractivity contribution is 0.575. The maximum Gasteiger partial charge on any atom is 0.224 e. The zero-order chi connectivity index (χ0) is 33.9. The molecular formula is C46H35N5. The summed E-state index contributed by atoms with van der Waals surface area (Å²) in [5.41, 5.74) is 10.7. The number of nitrogens with one attached hydrogen (secondary N) is 1. The molecule has 0 saturated heterocycles. The van der Waals surface area contributed by atoms with Crippen LogP contribution in [-0.2, 0) is 0 Å². The van der Waals surface area contributed by atoms with Crippen LogP contribution in [0.25, 0.3) is 44.5 Å². The number of aromatic nitrogens is 2. The van der Waals surface area contributed by atoms with Gasteiger partial charge in [-0.05, 0) is 53.5 Å². The van der Waals surface area contributed by atoms with Gasteiger partial charge in [-0.3, -0.25) is 4.57 Å². The van der Waals surface area contributed by atoms with E-state index in [9.17, 15) is 0 Å². The van der Waals surface area contributed by atoms with Gasteiger partial charge in [-0.2, -0.15) is 0 Å². The third-order valence-corrected chi connectivity index (χ3v) is 10.6. The van der Waals surface area contributed by atoms with Crippen molar-refractivity contribution in [1.82, 2.24) is 14.5 Å². The lowest BCUT2D eigenvalue weighted by Gasteiger charge is -2.27. The first-order valence-corrected chi connectivity index (χ1v) is 17.7. The van der Waals surface area contributed by atoms with E-state index in [1.54, 1.807) is 0 Å². The van der Waals surface area contributed by atoms with Crippen molar-refractivity contribution in [1.29, 1.82) is 0 Å². The van der Waals surface area contributed by atoms with Crippen molar-refractivity contribution < 1.29 is 0 Å². The van der Waals surface area contributed by atoms with Gasteiger partial charge in [-0.25, -0.2) is 9.98 Å². The van der Waals surface area contributed by atoms with Crippen LogP contribution in [0.3, 0.4) is 0 Å². The Labute approximate surface area is 296 Å². The quantitative estimate of drug-likeness (QED) is 0.197. The van der Waals surface area contributed by atoms with Crippen LogP contribution in [0.1, 0.15) is 53.0 Å². The molecule has 1 aliphatic carbocycles. The second-order valence-electron chi connectivity index (χ2n) is 13.5. The van der Waals surface area contributed by atoms with Gasteiger partial charge < -0.3 is 9.88 Å². The Morgan fingerprint density at radius 1 is 0.549 bits per heavy atom. The van der Waals surface area contributed by atoms with E-state index in [4.69, 9.17) is 9.98 Å². The first-order valence-electron chi connectivity index (χ1n) is 17.7. The van der Waals surface area contributed by atoms with E-state index in [0.717, 1.165) is 33.8 Å². The normalized spacial score (nSPS) is 17.4. The molecule has 3 heterocycles. The van der Waals surface area contributed by atoms with Gasteiger partial charge >= 0.3 is 0 Å². The van der Waals surface area contributed by atoms with Crippen LogP contribution >= 0.6 is 0 Å². The molecular weight excluding hydrogens is 623 g/mol. The van der Waals surface area contributed by atoms with E-state index in [2.05, 4.69) is 179 Å². The summed E-state index contributed by atoms with van der Waals surface area (Å²) in [5, 5.41) is 7.27. The topological polar surface area (TPSA) is 46.6 Å². The predicted octanol–water partition coefficient (Wildman–Crippen LogP) is 10.6. The highest BCUT2D eigenvalue weighted by Crippen LogP contribution is 2.46. The van der Waals surface area contributed by atoms with E-state index >= 15 is 0 Å². The maximum atomic E-state index is 5.29. The lowest BCUT2D eigenvalue weighted by atomic mass is 9.78. The van der Waals surface area contributed by atoms with Crippen LogP contribution in [0.15, 0.2) is 174 Å². The van der Waals surface area contributed by atoms with E-state index in [0.29, 0.717) is 0 Å². The van der Waals surface area contributed by atoms with Crippen molar-refractivity contribution >= 4 is 50.5 Å². The number of benzene rings is 6. The van der Waals surface area contributed by atoms with Crippen molar-refractivity contribution in [3.05, 3.63) is 192 Å². The van der Waals surface area contributed by atoms with Gasteiger partial charge in [0.2, 0.25) is 6.29 Å². The highest BCUT2D eigenvalue weighted by molar-refractivity contribution is 6.16. The van der Waals surface area contributed by atoms with Crippen LogP contribution in [0.4, 0.5) is 0 Å². The van der Waals surface area contributed by atoms with Crippen LogP contribution < -0.4 is 5.32 Å². The minimum Gasteiger partial charge on any atom is -0.324 e. The van der Waals surface area contributed by atoms with Gasteiger partial charge in [0, 0.05) is 38.9 Å². The number of hydrogen-bond donors (Lipinski definition) is 1. The molecule has 0 saturated carbocycles. The molecule has 0 amide bonds. The second kappa shape index (κ2) is 11.9. The third kappa shape index (κ3) is 4.77. The number of nitrogens with zero attached hydrogens (tertiary/aromatic N) is 4. The van der Waals surface area contributed by atoms with Gasteiger partial charge in [0.15, 0.2) is 0 Å². The first kappa shape index (κ1) is 29.5. The summed E-state index contributed by atoms with van der Waals surface area (Å²) < 4.78 is 4.74. The zero-order valence-electron chi connectivity index (χ0n) is 28.2. The first-order chi connectivity index (χ1) is 25.2. The molecule has 5 heteroatoms. The molecule has 2 atom stereocenters. The van der Waals surface area contributed by atoms with E-state index < -0.39 is 6.29 Å². The molecule has 244 valence electrons. The Hall–Kier alpha value is -6.46. The second-order valence-corrected chi connectivity index (χ2v) is 13.5. The van der Waals surface area contributed by atoms with Crippen LogP contribution in [0, 0.1) is 0 Å². The Morgan fingerprint density at radius 3 is 1.80 bits per heavy atom. The molecule has 10 rings (SSSR count). The number of para-hydroxylation sites is 3. The van der Waals surface area contributed by atoms with Gasteiger partial charge in [-0.1, -0.05) is 140 Å². The van der Waals surface area contributed by atoms with Crippen molar-refractivity contribution in [2.24, 2.45) is 9.98 Å². The molecule has 8 aromatic rings. The summed E-state index contributed by atoms with van der Waals surface area (Å²) in [6.45, 7) is 2.38. The summed E-state index contributed by atoms with van der Waals surface area (Å²) >= 11 is 0. The number of amidine groups is 2. The monoisotopic (exact) mass is 657 g/mol. The molecule has 2 aromatic heterocycles. The highest BCUT2D eigenvalue weighted by Gasteiger charge is 2.31. The van der Waals surface area contributed by atoms with Crippen molar-refractivity contribution in [3.63, 3.8) is 0 Å². The Morgan fingerprint density at radius 2 is 1.12 bits per heavy atom. The molecule has 0 fully saturated rings. The largest absolute Gasteiger partial charge is 0.324 e. The minimum atomic E-state index is -0.496.